The summed E-state index contributed by atoms with van der Waals surface area (Å²) in [4.78, 5) is 26.6. The molecule has 0 aromatic carbocycles. The molecule has 3 saturated heterocycles. The molecule has 4 heterocycles. The second-order valence-corrected chi connectivity index (χ2v) is 10.5. The molecular weight excluding hydrogens is 390 g/mol. The summed E-state index contributed by atoms with van der Waals surface area (Å²) >= 11 is 1.23. The van der Waals surface area contributed by atoms with Crippen LogP contribution in [-0.4, -0.2) is 69.2 Å². The third-order valence-corrected chi connectivity index (χ3v) is 8.22. The molecule has 8 nitrogen and oxygen atoms in total. The first-order valence-electron chi connectivity index (χ1n) is 9.20. The van der Waals surface area contributed by atoms with Crippen LogP contribution in [0.1, 0.15) is 19.3 Å². The molecule has 2 amide bonds. The molecule has 0 radical (unpaired) electrons. The van der Waals surface area contributed by atoms with Crippen LogP contribution in [-0.2, 0) is 24.1 Å². The lowest BCUT2D eigenvalue weighted by molar-refractivity contribution is -0.143. The molecule has 27 heavy (non-hydrogen) atoms. The standard InChI is InChI=1S/C17H23N3O5S2/c21-15(9-25-16-3-5-26-18-16)19-27(23)10-12-6-13(11-27)8-20(7-12)17(22)14-2-1-4-24-14/h3,5,12-14H,1-2,4,6-11H2. The van der Waals surface area contributed by atoms with Gasteiger partial charge in [-0.05, 0) is 42.6 Å². The molecule has 3 aliphatic rings. The van der Waals surface area contributed by atoms with Gasteiger partial charge >= 0.3 is 0 Å². The van der Waals surface area contributed by atoms with Crippen molar-refractivity contribution in [3.8, 4) is 5.88 Å². The van der Waals surface area contributed by atoms with Gasteiger partial charge in [-0.2, -0.15) is 8.74 Å². The maximum Gasteiger partial charge on any atom is 0.291 e. The molecule has 1 aromatic rings. The number of fused-ring (bicyclic) bond motifs is 2. The smallest absolute Gasteiger partial charge is 0.291 e. The van der Waals surface area contributed by atoms with Gasteiger partial charge in [0.25, 0.3) is 11.8 Å². The predicted octanol–water partition coefficient (Wildman–Crippen LogP) is 1.17. The Morgan fingerprint density at radius 3 is 2.78 bits per heavy atom. The molecule has 4 rings (SSSR count). The van der Waals surface area contributed by atoms with E-state index in [1.54, 1.807) is 11.4 Å². The topological polar surface area (TPSA) is 98.2 Å². The van der Waals surface area contributed by atoms with Gasteiger partial charge in [0.1, 0.15) is 6.10 Å². The van der Waals surface area contributed by atoms with E-state index in [-0.39, 0.29) is 30.5 Å². The normalized spacial score (nSPS) is 32.9. The zero-order valence-corrected chi connectivity index (χ0v) is 16.6. The van der Waals surface area contributed by atoms with Gasteiger partial charge in [0.05, 0.1) is 9.73 Å². The number of carbonyl (C=O) groups is 2. The van der Waals surface area contributed by atoms with Gasteiger partial charge in [0.2, 0.25) is 5.88 Å². The Balaban J connectivity index is 1.37. The van der Waals surface area contributed by atoms with Gasteiger partial charge in [0.15, 0.2) is 6.61 Å². The van der Waals surface area contributed by atoms with Crippen molar-refractivity contribution in [1.82, 2.24) is 9.27 Å². The van der Waals surface area contributed by atoms with Crippen molar-refractivity contribution in [2.24, 2.45) is 16.2 Å². The Labute approximate surface area is 162 Å². The zero-order valence-electron chi connectivity index (χ0n) is 15.0. The number of carbonyl (C=O) groups excluding carboxylic acids is 2. The van der Waals surface area contributed by atoms with Crippen LogP contribution >= 0.6 is 11.5 Å². The number of piperidine rings is 1. The Morgan fingerprint density at radius 1 is 1.37 bits per heavy atom. The maximum atomic E-state index is 13.1. The van der Waals surface area contributed by atoms with Crippen LogP contribution in [0.25, 0.3) is 0 Å². The molecule has 0 saturated carbocycles. The first-order chi connectivity index (χ1) is 13.0. The lowest BCUT2D eigenvalue weighted by Crippen LogP contribution is -2.53. The fraction of sp³-hybridized carbons (Fsp3) is 0.706. The molecule has 2 bridgehead atoms. The largest absolute Gasteiger partial charge is 0.467 e. The van der Waals surface area contributed by atoms with Gasteiger partial charge in [0, 0.05) is 42.6 Å². The Morgan fingerprint density at radius 2 is 2.15 bits per heavy atom. The van der Waals surface area contributed by atoms with Crippen molar-refractivity contribution in [2.75, 3.05) is 37.8 Å². The Bertz CT molecular complexity index is 793. The Kier molecular flexibility index (Phi) is 5.47. The summed E-state index contributed by atoms with van der Waals surface area (Å²) in [7, 11) is -2.60. The van der Waals surface area contributed by atoms with Crippen molar-refractivity contribution in [2.45, 2.75) is 25.4 Å². The van der Waals surface area contributed by atoms with Crippen molar-refractivity contribution in [3.63, 3.8) is 0 Å². The van der Waals surface area contributed by atoms with E-state index in [0.29, 0.717) is 37.1 Å². The summed E-state index contributed by atoms with van der Waals surface area (Å²) in [6.07, 6.45) is 2.33. The van der Waals surface area contributed by atoms with Gasteiger partial charge < -0.3 is 14.4 Å². The fourth-order valence-corrected chi connectivity index (χ4v) is 7.34. The van der Waals surface area contributed by atoms with Gasteiger partial charge in [-0.25, -0.2) is 4.21 Å². The molecule has 3 fully saturated rings. The first kappa shape index (κ1) is 18.8. The molecule has 1 aromatic heterocycles. The number of ether oxygens (including phenoxy) is 2. The van der Waals surface area contributed by atoms with Crippen molar-refractivity contribution < 1.29 is 23.3 Å². The van der Waals surface area contributed by atoms with E-state index in [9.17, 15) is 13.8 Å². The van der Waals surface area contributed by atoms with Crippen molar-refractivity contribution >= 4 is 33.1 Å². The number of hydrogen-bond acceptors (Lipinski definition) is 7. The highest BCUT2D eigenvalue weighted by molar-refractivity contribution is 7.93. The molecule has 3 unspecified atom stereocenters. The lowest BCUT2D eigenvalue weighted by Gasteiger charge is -2.42. The molecule has 0 N–H and O–H groups in total. The molecule has 3 aliphatic heterocycles. The van der Waals surface area contributed by atoms with Crippen molar-refractivity contribution in [3.05, 3.63) is 11.4 Å². The molecule has 3 atom stereocenters. The van der Waals surface area contributed by atoms with Crippen LogP contribution in [0.15, 0.2) is 15.8 Å². The summed E-state index contributed by atoms with van der Waals surface area (Å²) in [5.41, 5.74) is 0. The summed E-state index contributed by atoms with van der Waals surface area (Å²) in [6.45, 7) is 1.55. The van der Waals surface area contributed by atoms with Gasteiger partial charge in [-0.1, -0.05) is 0 Å². The summed E-state index contributed by atoms with van der Waals surface area (Å²) in [5, 5.41) is 1.75. The van der Waals surface area contributed by atoms with E-state index in [0.717, 1.165) is 19.3 Å². The minimum absolute atomic E-state index is 0.0558. The average molecular weight is 414 g/mol. The van der Waals surface area contributed by atoms with E-state index in [1.807, 2.05) is 4.90 Å². The minimum atomic E-state index is -2.60. The van der Waals surface area contributed by atoms with Crippen LogP contribution in [0.5, 0.6) is 5.88 Å². The zero-order chi connectivity index (χ0) is 18.9. The quantitative estimate of drug-likeness (QED) is 0.735. The number of amides is 2. The highest BCUT2D eigenvalue weighted by Crippen LogP contribution is 2.32. The van der Waals surface area contributed by atoms with Crippen LogP contribution in [0, 0.1) is 11.8 Å². The predicted molar refractivity (Wildman–Crippen MR) is 100 cm³/mol. The molecule has 0 aliphatic carbocycles. The number of aromatic nitrogens is 1. The Hall–Kier alpha value is -1.52. The number of likely N-dealkylation sites (tertiary alicyclic amines) is 1. The van der Waals surface area contributed by atoms with Crippen LogP contribution in [0.4, 0.5) is 0 Å². The van der Waals surface area contributed by atoms with Gasteiger partial charge in [-0.15, -0.1) is 0 Å². The van der Waals surface area contributed by atoms with E-state index < -0.39 is 15.6 Å². The van der Waals surface area contributed by atoms with Crippen LogP contribution < -0.4 is 4.74 Å². The van der Waals surface area contributed by atoms with Gasteiger partial charge in [-0.3, -0.25) is 9.59 Å². The molecule has 10 heteroatoms. The molecule has 148 valence electrons. The second-order valence-electron chi connectivity index (χ2n) is 7.43. The van der Waals surface area contributed by atoms with E-state index in [4.69, 9.17) is 9.47 Å². The lowest BCUT2D eigenvalue weighted by atomic mass is 9.90. The SMILES string of the molecule is O=C(COc1ccsn1)N=S1(=O)CC2CC(CN(C(=O)C3CCCO3)C2)C1. The highest BCUT2D eigenvalue weighted by Gasteiger charge is 2.40. The van der Waals surface area contributed by atoms with Crippen LogP contribution in [0.2, 0.25) is 0 Å². The minimum Gasteiger partial charge on any atom is -0.467 e. The first-order valence-corrected chi connectivity index (χ1v) is 11.9. The number of rotatable bonds is 4. The van der Waals surface area contributed by atoms with E-state index in [1.165, 1.54) is 11.5 Å². The maximum absolute atomic E-state index is 13.1. The third-order valence-electron chi connectivity index (χ3n) is 5.16. The molecular formula is C17H23N3O5S2. The third kappa shape index (κ3) is 4.49. The summed E-state index contributed by atoms with van der Waals surface area (Å²) < 4.78 is 31.9. The monoisotopic (exact) mass is 413 g/mol. The number of nitrogens with zero attached hydrogens (tertiary/aromatic N) is 3. The van der Waals surface area contributed by atoms with E-state index >= 15 is 0 Å². The van der Waals surface area contributed by atoms with Crippen LogP contribution in [0.3, 0.4) is 0 Å². The average Bonchev–Trinajstić information content (AvgIpc) is 3.31. The summed E-state index contributed by atoms with van der Waals surface area (Å²) in [6, 6.07) is 1.67. The molecule has 0 spiro atoms. The van der Waals surface area contributed by atoms with Crippen molar-refractivity contribution in [1.29, 1.82) is 0 Å². The van der Waals surface area contributed by atoms with E-state index in [2.05, 4.69) is 8.74 Å². The number of hydrogen-bond donors (Lipinski definition) is 0. The second kappa shape index (κ2) is 7.84. The fourth-order valence-electron chi connectivity index (χ4n) is 4.22. The summed E-state index contributed by atoms with van der Waals surface area (Å²) in [5.74, 6) is 0.878. The highest BCUT2D eigenvalue weighted by atomic mass is 32.2.